The van der Waals surface area contributed by atoms with Crippen LogP contribution in [0.15, 0.2) is 41.3 Å². The van der Waals surface area contributed by atoms with Crippen LogP contribution >= 0.6 is 0 Å². The molecule has 0 radical (unpaired) electrons. The lowest BCUT2D eigenvalue weighted by atomic mass is 10.1. The molecule has 3 aromatic heterocycles. The van der Waals surface area contributed by atoms with Gasteiger partial charge in [-0.1, -0.05) is 6.07 Å². The third kappa shape index (κ3) is 2.31. The van der Waals surface area contributed by atoms with E-state index in [1.807, 2.05) is 38.2 Å². The Morgan fingerprint density at radius 2 is 1.86 bits per heavy atom. The molecule has 0 aliphatic heterocycles. The summed E-state index contributed by atoms with van der Waals surface area (Å²) < 4.78 is 3.15. The van der Waals surface area contributed by atoms with Gasteiger partial charge in [-0.25, -0.2) is 9.20 Å². The summed E-state index contributed by atoms with van der Waals surface area (Å²) in [5.41, 5.74) is 2.64. The van der Waals surface area contributed by atoms with Crippen LogP contribution in [0, 0.1) is 0 Å². The molecule has 6 nitrogen and oxygen atoms in total. The van der Waals surface area contributed by atoms with E-state index in [1.54, 1.807) is 17.5 Å². The van der Waals surface area contributed by atoms with E-state index in [-0.39, 0.29) is 11.6 Å². The van der Waals surface area contributed by atoms with Gasteiger partial charge in [-0.05, 0) is 39.0 Å². The molecule has 3 aromatic rings. The molecule has 1 N–H and O–H groups in total. The summed E-state index contributed by atoms with van der Waals surface area (Å²) in [4.78, 5) is 11.9. The maximum atomic E-state index is 11.9. The average molecular weight is 298 g/mol. The van der Waals surface area contributed by atoms with Gasteiger partial charge in [0.05, 0.1) is 28.9 Å². The second kappa shape index (κ2) is 5.38. The SMILES string of the molecule is CC(O)c1nn2ccccc2c1-c1ccc(=O)n(C(C)C)n1. The van der Waals surface area contributed by atoms with Gasteiger partial charge in [0.2, 0.25) is 0 Å². The van der Waals surface area contributed by atoms with Crippen LogP contribution in [-0.4, -0.2) is 24.5 Å². The minimum atomic E-state index is -0.726. The van der Waals surface area contributed by atoms with E-state index in [0.29, 0.717) is 11.4 Å². The van der Waals surface area contributed by atoms with E-state index in [2.05, 4.69) is 10.2 Å². The van der Waals surface area contributed by atoms with Crippen LogP contribution < -0.4 is 5.56 Å². The zero-order chi connectivity index (χ0) is 15.9. The molecule has 0 spiro atoms. The van der Waals surface area contributed by atoms with Gasteiger partial charge in [0.1, 0.15) is 5.69 Å². The molecular weight excluding hydrogens is 280 g/mol. The standard InChI is InChI=1S/C16H18N4O2/c1-10(2)20-14(22)8-7-12(17-20)15-13-6-4-5-9-19(13)18-16(15)11(3)21/h4-11,21H,1-3H3. The third-order valence-electron chi connectivity index (χ3n) is 3.53. The van der Waals surface area contributed by atoms with Gasteiger partial charge in [-0.15, -0.1) is 0 Å². The van der Waals surface area contributed by atoms with Crippen molar-refractivity contribution in [2.24, 2.45) is 0 Å². The molecule has 0 bridgehead atoms. The van der Waals surface area contributed by atoms with E-state index in [9.17, 15) is 9.90 Å². The molecular formula is C16H18N4O2. The monoisotopic (exact) mass is 298 g/mol. The molecule has 0 saturated carbocycles. The first-order chi connectivity index (χ1) is 10.5. The van der Waals surface area contributed by atoms with Crippen molar-refractivity contribution in [3.8, 4) is 11.3 Å². The van der Waals surface area contributed by atoms with E-state index < -0.39 is 6.10 Å². The van der Waals surface area contributed by atoms with Gasteiger partial charge < -0.3 is 5.11 Å². The van der Waals surface area contributed by atoms with E-state index in [4.69, 9.17) is 0 Å². The Kier molecular flexibility index (Phi) is 3.54. The summed E-state index contributed by atoms with van der Waals surface area (Å²) in [6, 6.07) is 8.84. The zero-order valence-electron chi connectivity index (χ0n) is 12.8. The Hall–Kier alpha value is -2.47. The van der Waals surface area contributed by atoms with Crippen molar-refractivity contribution in [1.82, 2.24) is 19.4 Å². The first kappa shape index (κ1) is 14.5. The number of aliphatic hydroxyl groups is 1. The molecule has 3 rings (SSSR count). The van der Waals surface area contributed by atoms with Gasteiger partial charge >= 0.3 is 0 Å². The highest BCUT2D eigenvalue weighted by Gasteiger charge is 2.20. The average Bonchev–Trinajstić information content (AvgIpc) is 2.87. The number of aliphatic hydroxyl groups excluding tert-OH is 1. The minimum absolute atomic E-state index is 0.0377. The predicted octanol–water partition coefficient (Wildman–Crippen LogP) is 2.19. The zero-order valence-corrected chi connectivity index (χ0v) is 12.8. The molecule has 0 amide bonds. The summed E-state index contributed by atoms with van der Waals surface area (Å²) >= 11 is 0. The minimum Gasteiger partial charge on any atom is -0.387 e. The first-order valence-corrected chi connectivity index (χ1v) is 7.24. The normalized spacial score (nSPS) is 13.0. The summed E-state index contributed by atoms with van der Waals surface area (Å²) in [5, 5.41) is 18.9. The van der Waals surface area contributed by atoms with E-state index in [0.717, 1.165) is 11.1 Å². The van der Waals surface area contributed by atoms with Crippen LogP contribution in [0.4, 0.5) is 0 Å². The summed E-state index contributed by atoms with van der Waals surface area (Å²) in [7, 11) is 0. The fraction of sp³-hybridized carbons (Fsp3) is 0.312. The van der Waals surface area contributed by atoms with Gasteiger partial charge in [-0.3, -0.25) is 4.79 Å². The quantitative estimate of drug-likeness (QED) is 0.804. The Morgan fingerprint density at radius 3 is 2.55 bits per heavy atom. The molecule has 6 heteroatoms. The summed E-state index contributed by atoms with van der Waals surface area (Å²) in [6.45, 7) is 5.48. The number of nitrogens with zero attached hydrogens (tertiary/aromatic N) is 4. The van der Waals surface area contributed by atoms with Gasteiger partial charge in [-0.2, -0.15) is 10.2 Å². The Labute approximate surface area is 127 Å². The number of aromatic nitrogens is 4. The fourth-order valence-electron chi connectivity index (χ4n) is 2.50. The third-order valence-corrected chi connectivity index (χ3v) is 3.53. The number of pyridine rings is 1. The van der Waals surface area contributed by atoms with Gasteiger partial charge in [0.25, 0.3) is 5.56 Å². The number of rotatable bonds is 3. The highest BCUT2D eigenvalue weighted by atomic mass is 16.3. The summed E-state index contributed by atoms with van der Waals surface area (Å²) in [5.74, 6) is 0. The molecule has 0 aliphatic rings. The van der Waals surface area contributed by atoms with Crippen LogP contribution in [0.3, 0.4) is 0 Å². The Balaban J connectivity index is 2.32. The van der Waals surface area contributed by atoms with Gasteiger partial charge in [0, 0.05) is 12.3 Å². The van der Waals surface area contributed by atoms with Crippen molar-refractivity contribution < 1.29 is 5.11 Å². The van der Waals surface area contributed by atoms with Crippen LogP contribution in [-0.2, 0) is 0 Å². The maximum absolute atomic E-state index is 11.9. The maximum Gasteiger partial charge on any atom is 0.267 e. The Bertz CT molecular complexity index is 877. The molecule has 0 fully saturated rings. The molecule has 22 heavy (non-hydrogen) atoms. The molecule has 114 valence electrons. The predicted molar refractivity (Wildman–Crippen MR) is 83.7 cm³/mol. The molecule has 0 aliphatic carbocycles. The van der Waals surface area contributed by atoms with Crippen LogP contribution in [0.2, 0.25) is 0 Å². The molecule has 0 aromatic carbocycles. The van der Waals surface area contributed by atoms with Crippen molar-refractivity contribution >= 4 is 5.52 Å². The van der Waals surface area contributed by atoms with Crippen molar-refractivity contribution in [2.45, 2.75) is 32.9 Å². The topological polar surface area (TPSA) is 72.4 Å². The highest BCUT2D eigenvalue weighted by Crippen LogP contribution is 2.30. The van der Waals surface area contributed by atoms with Crippen LogP contribution in [0.5, 0.6) is 0 Å². The van der Waals surface area contributed by atoms with Crippen LogP contribution in [0.25, 0.3) is 16.8 Å². The smallest absolute Gasteiger partial charge is 0.267 e. The molecule has 1 atom stereocenters. The highest BCUT2D eigenvalue weighted by molar-refractivity contribution is 5.80. The number of hydrogen-bond acceptors (Lipinski definition) is 4. The van der Waals surface area contributed by atoms with E-state index >= 15 is 0 Å². The van der Waals surface area contributed by atoms with Crippen LogP contribution in [0.1, 0.15) is 38.6 Å². The van der Waals surface area contributed by atoms with Crippen molar-refractivity contribution in [3.63, 3.8) is 0 Å². The second-order valence-electron chi connectivity index (χ2n) is 5.56. The lowest BCUT2D eigenvalue weighted by Crippen LogP contribution is -2.24. The fourth-order valence-corrected chi connectivity index (χ4v) is 2.50. The first-order valence-electron chi connectivity index (χ1n) is 7.24. The molecule has 1 unspecified atom stereocenters. The molecule has 0 saturated heterocycles. The lowest BCUT2D eigenvalue weighted by molar-refractivity contribution is 0.194. The van der Waals surface area contributed by atoms with Gasteiger partial charge in [0.15, 0.2) is 0 Å². The lowest BCUT2D eigenvalue weighted by Gasteiger charge is -2.11. The number of fused-ring (bicyclic) bond motifs is 1. The largest absolute Gasteiger partial charge is 0.387 e. The van der Waals surface area contributed by atoms with Crippen molar-refractivity contribution in [2.75, 3.05) is 0 Å². The Morgan fingerprint density at radius 1 is 1.09 bits per heavy atom. The van der Waals surface area contributed by atoms with Crippen molar-refractivity contribution in [1.29, 1.82) is 0 Å². The second-order valence-corrected chi connectivity index (χ2v) is 5.56. The van der Waals surface area contributed by atoms with Crippen molar-refractivity contribution in [3.05, 3.63) is 52.6 Å². The molecule has 3 heterocycles. The number of hydrogen-bond donors (Lipinski definition) is 1. The van der Waals surface area contributed by atoms with E-state index in [1.165, 1.54) is 10.7 Å². The summed E-state index contributed by atoms with van der Waals surface area (Å²) in [6.07, 6.45) is 1.10.